The van der Waals surface area contributed by atoms with Crippen molar-refractivity contribution in [3.8, 4) is 0 Å². The average molecular weight is 288 g/mol. The summed E-state index contributed by atoms with van der Waals surface area (Å²) in [6, 6.07) is 6.87. The van der Waals surface area contributed by atoms with E-state index in [2.05, 4.69) is 5.32 Å². The second kappa shape index (κ2) is 6.08. The minimum Gasteiger partial charge on any atom is -0.339 e. The average Bonchev–Trinajstić information content (AvgIpc) is 2.81. The van der Waals surface area contributed by atoms with Crippen LogP contribution in [0, 0.1) is 5.92 Å². The van der Waals surface area contributed by atoms with Crippen LogP contribution in [0.1, 0.15) is 37.6 Å². The molecule has 1 fully saturated rings. The number of hydrogen-bond acceptors (Lipinski definition) is 3. The molecule has 1 aliphatic rings. The first-order valence-corrected chi connectivity index (χ1v) is 7.10. The molecule has 0 unspecified atom stereocenters. The smallest absolute Gasteiger partial charge is 0.229 e. The van der Waals surface area contributed by atoms with Crippen LogP contribution in [0.5, 0.6) is 0 Å². The third kappa shape index (κ3) is 3.48. The van der Waals surface area contributed by atoms with Crippen LogP contribution >= 0.6 is 0 Å². The first-order chi connectivity index (χ1) is 9.88. The van der Waals surface area contributed by atoms with E-state index < -0.39 is 0 Å². The molecule has 1 aliphatic heterocycles. The Morgan fingerprint density at radius 2 is 1.86 bits per heavy atom. The topological polar surface area (TPSA) is 66.5 Å². The Hall–Kier alpha value is -2.17. The third-order valence-electron chi connectivity index (χ3n) is 3.71. The fourth-order valence-corrected chi connectivity index (χ4v) is 2.44. The van der Waals surface area contributed by atoms with Gasteiger partial charge in [-0.05, 0) is 45.0 Å². The number of amides is 2. The van der Waals surface area contributed by atoms with E-state index >= 15 is 0 Å². The van der Waals surface area contributed by atoms with Crippen LogP contribution in [0.2, 0.25) is 0 Å². The molecule has 1 saturated heterocycles. The quantitative estimate of drug-likeness (QED) is 0.863. The largest absolute Gasteiger partial charge is 0.339 e. The Morgan fingerprint density at radius 1 is 1.24 bits per heavy atom. The lowest BCUT2D eigenvalue weighted by Crippen LogP contribution is -2.33. The van der Waals surface area contributed by atoms with Gasteiger partial charge in [0.2, 0.25) is 11.8 Å². The zero-order chi connectivity index (χ0) is 15.6. The summed E-state index contributed by atoms with van der Waals surface area (Å²) in [5, 5.41) is 2.80. The minimum absolute atomic E-state index is 0.0122. The fourth-order valence-electron chi connectivity index (χ4n) is 2.44. The van der Waals surface area contributed by atoms with Gasteiger partial charge in [0.25, 0.3) is 0 Å². The van der Waals surface area contributed by atoms with Gasteiger partial charge in [-0.3, -0.25) is 14.4 Å². The van der Waals surface area contributed by atoms with Gasteiger partial charge in [-0.1, -0.05) is 0 Å². The summed E-state index contributed by atoms with van der Waals surface area (Å²) in [4.78, 5) is 36.9. The number of carbonyl (C=O) groups excluding carboxylic acids is 3. The monoisotopic (exact) mass is 288 g/mol. The van der Waals surface area contributed by atoms with Gasteiger partial charge in [0.05, 0.1) is 5.92 Å². The Labute approximate surface area is 124 Å². The predicted molar refractivity (Wildman–Crippen MR) is 80.0 cm³/mol. The summed E-state index contributed by atoms with van der Waals surface area (Å²) in [6.45, 7) is 5.85. The number of anilines is 1. The van der Waals surface area contributed by atoms with Crippen molar-refractivity contribution in [3.63, 3.8) is 0 Å². The molecule has 2 amide bonds. The molecule has 2 rings (SSSR count). The molecule has 0 aliphatic carbocycles. The van der Waals surface area contributed by atoms with Gasteiger partial charge in [-0.2, -0.15) is 0 Å². The van der Waals surface area contributed by atoms with Gasteiger partial charge in [0.15, 0.2) is 5.78 Å². The van der Waals surface area contributed by atoms with Gasteiger partial charge in [0, 0.05) is 30.3 Å². The molecule has 5 nitrogen and oxygen atoms in total. The van der Waals surface area contributed by atoms with E-state index in [-0.39, 0.29) is 36.0 Å². The molecule has 0 bridgehead atoms. The van der Waals surface area contributed by atoms with Crippen LogP contribution < -0.4 is 5.32 Å². The molecule has 1 aromatic rings. The standard InChI is InChI=1S/C16H20N2O3/c1-10(2)18-9-13(8-15(18)20)16(21)17-14-6-4-12(5-7-14)11(3)19/h4-7,10,13H,8-9H2,1-3H3,(H,17,21)/t13-/m1/s1. The van der Waals surface area contributed by atoms with E-state index in [1.54, 1.807) is 29.2 Å². The van der Waals surface area contributed by atoms with E-state index in [0.29, 0.717) is 17.8 Å². The molecule has 112 valence electrons. The molecule has 1 heterocycles. The molecule has 0 radical (unpaired) electrons. The maximum Gasteiger partial charge on any atom is 0.229 e. The summed E-state index contributed by atoms with van der Waals surface area (Å²) in [6.07, 6.45) is 0.259. The van der Waals surface area contributed by atoms with Crippen molar-refractivity contribution in [2.45, 2.75) is 33.2 Å². The number of carbonyl (C=O) groups is 3. The van der Waals surface area contributed by atoms with Crippen molar-refractivity contribution in [3.05, 3.63) is 29.8 Å². The summed E-state index contributed by atoms with van der Waals surface area (Å²) in [5.74, 6) is -0.451. The molecular weight excluding hydrogens is 268 g/mol. The predicted octanol–water partition coefficient (Wildman–Crippen LogP) is 2.08. The fraction of sp³-hybridized carbons (Fsp3) is 0.438. The van der Waals surface area contributed by atoms with Crippen LogP contribution in [0.4, 0.5) is 5.69 Å². The van der Waals surface area contributed by atoms with Gasteiger partial charge >= 0.3 is 0 Å². The zero-order valence-electron chi connectivity index (χ0n) is 12.6. The van der Waals surface area contributed by atoms with Gasteiger partial charge < -0.3 is 10.2 Å². The Kier molecular flexibility index (Phi) is 4.40. The maximum absolute atomic E-state index is 12.2. The zero-order valence-corrected chi connectivity index (χ0v) is 12.6. The van der Waals surface area contributed by atoms with Crippen molar-refractivity contribution < 1.29 is 14.4 Å². The number of ketones is 1. The summed E-state index contributed by atoms with van der Waals surface area (Å²) in [5.41, 5.74) is 1.25. The summed E-state index contributed by atoms with van der Waals surface area (Å²) in [7, 11) is 0. The highest BCUT2D eigenvalue weighted by Crippen LogP contribution is 2.22. The molecule has 1 aromatic carbocycles. The molecule has 21 heavy (non-hydrogen) atoms. The van der Waals surface area contributed by atoms with Crippen LogP contribution in [0.3, 0.4) is 0 Å². The Bertz CT molecular complexity index is 563. The van der Waals surface area contributed by atoms with Crippen molar-refractivity contribution >= 4 is 23.3 Å². The van der Waals surface area contributed by atoms with Crippen molar-refractivity contribution in [1.82, 2.24) is 4.90 Å². The molecule has 5 heteroatoms. The van der Waals surface area contributed by atoms with Gasteiger partial charge in [-0.15, -0.1) is 0 Å². The van der Waals surface area contributed by atoms with Crippen LogP contribution in [0.25, 0.3) is 0 Å². The Morgan fingerprint density at radius 3 is 2.33 bits per heavy atom. The minimum atomic E-state index is -0.313. The van der Waals surface area contributed by atoms with Crippen molar-refractivity contribution in [2.75, 3.05) is 11.9 Å². The van der Waals surface area contributed by atoms with Gasteiger partial charge in [-0.25, -0.2) is 0 Å². The normalized spacial score (nSPS) is 18.2. The first-order valence-electron chi connectivity index (χ1n) is 7.10. The number of nitrogens with zero attached hydrogens (tertiary/aromatic N) is 1. The number of hydrogen-bond donors (Lipinski definition) is 1. The second-order valence-corrected chi connectivity index (χ2v) is 5.66. The SMILES string of the molecule is CC(=O)c1ccc(NC(=O)[C@@H]2CC(=O)N(C(C)C)C2)cc1. The van der Waals surface area contributed by atoms with E-state index in [9.17, 15) is 14.4 Å². The number of benzene rings is 1. The van der Waals surface area contributed by atoms with Crippen molar-refractivity contribution in [2.24, 2.45) is 5.92 Å². The lowest BCUT2D eigenvalue weighted by Gasteiger charge is -2.20. The molecule has 1 N–H and O–H groups in total. The maximum atomic E-state index is 12.2. The van der Waals surface area contributed by atoms with Crippen LogP contribution in [-0.4, -0.2) is 35.1 Å². The third-order valence-corrected chi connectivity index (χ3v) is 3.71. The summed E-state index contributed by atoms with van der Waals surface area (Å²) < 4.78 is 0. The van der Waals surface area contributed by atoms with Crippen LogP contribution in [0.15, 0.2) is 24.3 Å². The number of nitrogens with one attached hydrogen (secondary N) is 1. The molecule has 0 aromatic heterocycles. The number of likely N-dealkylation sites (tertiary alicyclic amines) is 1. The Balaban J connectivity index is 1.99. The molecule has 0 saturated carbocycles. The van der Waals surface area contributed by atoms with E-state index in [1.165, 1.54) is 6.92 Å². The van der Waals surface area contributed by atoms with Gasteiger partial charge in [0.1, 0.15) is 0 Å². The first kappa shape index (κ1) is 15.2. The lowest BCUT2D eigenvalue weighted by molar-refractivity contribution is -0.129. The van der Waals surface area contributed by atoms with E-state index in [4.69, 9.17) is 0 Å². The summed E-state index contributed by atoms with van der Waals surface area (Å²) >= 11 is 0. The molecule has 0 spiro atoms. The molecule has 1 atom stereocenters. The van der Waals surface area contributed by atoms with Crippen LogP contribution in [-0.2, 0) is 9.59 Å². The van der Waals surface area contributed by atoms with E-state index in [1.807, 2.05) is 13.8 Å². The molecular formula is C16H20N2O3. The highest BCUT2D eigenvalue weighted by Gasteiger charge is 2.35. The highest BCUT2D eigenvalue weighted by atomic mass is 16.2. The lowest BCUT2D eigenvalue weighted by atomic mass is 10.1. The highest BCUT2D eigenvalue weighted by molar-refractivity contribution is 5.98. The van der Waals surface area contributed by atoms with Crippen molar-refractivity contribution in [1.29, 1.82) is 0 Å². The number of Topliss-reactive ketones (excluding diaryl/α,β-unsaturated/α-hetero) is 1. The van der Waals surface area contributed by atoms with E-state index in [0.717, 1.165) is 0 Å². The number of rotatable bonds is 4. The second-order valence-electron chi connectivity index (χ2n) is 5.66.